The number of alkyl halides is 6. The largest absolute Gasteiger partial charge is 0.471 e. The van der Waals surface area contributed by atoms with Gasteiger partial charge in [-0.2, -0.15) is 34.8 Å². The quantitative estimate of drug-likeness (QED) is 0.344. The Bertz CT molecular complexity index is 1340. The molecule has 1 N–H and O–H groups in total. The van der Waals surface area contributed by atoms with E-state index in [9.17, 15) is 44.3 Å². The van der Waals surface area contributed by atoms with Crippen molar-refractivity contribution in [2.75, 3.05) is 78.8 Å². The van der Waals surface area contributed by atoms with E-state index in [1.54, 1.807) is 0 Å². The maximum Gasteiger partial charge on any atom is 0.471 e. The Hall–Kier alpha value is -3.25. The lowest BCUT2D eigenvalue weighted by Crippen LogP contribution is -2.54. The molecule has 2 aromatic rings. The molecule has 3 saturated heterocycles. The minimum Gasteiger partial charge on any atom is -0.332 e. The fraction of sp³-hybridized carbons (Fsp3) is 0.588. The molecule has 0 unspecified atom stereocenters. The van der Waals surface area contributed by atoms with Crippen LogP contribution >= 0.6 is 0 Å². The third-order valence-corrected chi connectivity index (χ3v) is 8.08. The molecular weight excluding hydrogens is 704 g/mol. The Morgan fingerprint density at radius 1 is 0.706 bits per heavy atom. The van der Waals surface area contributed by atoms with Gasteiger partial charge in [0, 0.05) is 65.4 Å². The third kappa shape index (κ3) is 16.3. The second-order valence-electron chi connectivity index (χ2n) is 11.2. The Morgan fingerprint density at radius 3 is 1.43 bits per heavy atom. The molecule has 0 atom stereocenters. The van der Waals surface area contributed by atoms with Crippen molar-refractivity contribution < 1.29 is 48.5 Å². The van der Waals surface area contributed by atoms with Gasteiger partial charge >= 0.3 is 24.2 Å². The van der Waals surface area contributed by atoms with Gasteiger partial charge in [0.2, 0.25) is 0 Å². The molecule has 3 aliphatic heterocycles. The highest BCUT2D eigenvalue weighted by molar-refractivity contribution is 7.86. The van der Waals surface area contributed by atoms with Crippen LogP contribution in [0.15, 0.2) is 60.7 Å². The number of amides is 2. The molecule has 51 heavy (non-hydrogen) atoms. The molecule has 0 aromatic heterocycles. The molecule has 0 aliphatic carbocycles. The van der Waals surface area contributed by atoms with Gasteiger partial charge in [-0.15, -0.1) is 0 Å². The van der Waals surface area contributed by atoms with Crippen molar-refractivity contribution >= 4 is 21.9 Å². The molecule has 0 saturated carbocycles. The Labute approximate surface area is 297 Å². The molecule has 290 valence electrons. The van der Waals surface area contributed by atoms with E-state index in [0.29, 0.717) is 39.3 Å². The number of rotatable bonds is 5. The molecule has 2 amide bonds. The zero-order valence-corrected chi connectivity index (χ0v) is 30.8. The third-order valence-electron chi connectivity index (χ3n) is 7.46. The Kier molecular flexibility index (Phi) is 19.7. The molecule has 17 heteroatoms. The Balaban J connectivity index is 0.000000387. The zero-order chi connectivity index (χ0) is 38.8. The van der Waals surface area contributed by atoms with E-state index in [1.165, 1.54) is 11.1 Å². The molecule has 0 bridgehead atoms. The second kappa shape index (κ2) is 22.0. The van der Waals surface area contributed by atoms with Gasteiger partial charge < -0.3 is 20.0 Å². The van der Waals surface area contributed by atoms with Crippen LogP contribution in [0.3, 0.4) is 0 Å². The van der Waals surface area contributed by atoms with Gasteiger partial charge in [0.25, 0.3) is 10.1 Å². The standard InChI is InChI=1S/C17H19NO3S.C7H11F3N2O.C6H9F3N2O.2C2H6/c1-22(19,20)21-16-12-18(13-16)17(14-8-4-2-5-9-14)15-10-6-3-7-11-15;1-11-2-4-12(5-3-11)6(13)7(8,9)10;7-6(8,9)5(12)11-3-1-10-2-4-11;2*1-2/h2-11,16-17H,12-13H2,1H3;2-5H2,1H3;10H,1-4H2;2*1-2H3. The number of nitrogens with one attached hydrogen (secondary N) is 1. The van der Waals surface area contributed by atoms with Gasteiger partial charge in [-0.3, -0.25) is 18.7 Å². The van der Waals surface area contributed by atoms with Crippen LogP contribution in [0.25, 0.3) is 0 Å². The van der Waals surface area contributed by atoms with Crippen molar-refractivity contribution in [3.05, 3.63) is 71.8 Å². The lowest BCUT2D eigenvalue weighted by atomic mass is 9.94. The minimum absolute atomic E-state index is 0.127. The van der Waals surface area contributed by atoms with Gasteiger partial charge in [0.15, 0.2) is 0 Å². The molecule has 5 rings (SSSR count). The molecule has 2 aromatic carbocycles. The fourth-order valence-electron chi connectivity index (χ4n) is 5.11. The smallest absolute Gasteiger partial charge is 0.332 e. The summed E-state index contributed by atoms with van der Waals surface area (Å²) in [7, 11) is -1.57. The van der Waals surface area contributed by atoms with Crippen molar-refractivity contribution in [2.24, 2.45) is 0 Å². The van der Waals surface area contributed by atoms with Crippen LogP contribution in [-0.2, 0) is 23.9 Å². The summed E-state index contributed by atoms with van der Waals surface area (Å²) in [5, 5.41) is 2.86. The highest BCUT2D eigenvalue weighted by Gasteiger charge is 2.43. The molecule has 0 spiro atoms. The summed E-state index contributed by atoms with van der Waals surface area (Å²) in [6, 6.07) is 20.6. The number of halogens is 6. The highest BCUT2D eigenvalue weighted by Crippen LogP contribution is 2.33. The van der Waals surface area contributed by atoms with Crippen LogP contribution in [-0.4, -0.2) is 137 Å². The Morgan fingerprint density at radius 2 is 1.08 bits per heavy atom. The number of carbonyl (C=O) groups is 2. The lowest BCUT2D eigenvalue weighted by Gasteiger charge is -2.43. The zero-order valence-electron chi connectivity index (χ0n) is 30.0. The van der Waals surface area contributed by atoms with Gasteiger partial charge in [-0.1, -0.05) is 88.4 Å². The first-order chi connectivity index (χ1) is 24.0. The lowest BCUT2D eigenvalue weighted by molar-refractivity contribution is -0.186. The van der Waals surface area contributed by atoms with Crippen molar-refractivity contribution in [3.8, 4) is 0 Å². The number of carbonyl (C=O) groups excluding carboxylic acids is 2. The predicted octanol–water partition coefficient (Wildman–Crippen LogP) is 4.79. The number of likely N-dealkylation sites (N-methyl/N-ethyl adjacent to an activating group) is 1. The molecule has 0 radical (unpaired) electrons. The number of nitrogens with zero attached hydrogens (tertiary/aromatic N) is 4. The van der Waals surface area contributed by atoms with E-state index in [0.717, 1.165) is 16.1 Å². The van der Waals surface area contributed by atoms with Gasteiger partial charge in [-0.05, 0) is 18.2 Å². The first-order valence-electron chi connectivity index (χ1n) is 16.8. The number of likely N-dealkylation sites (tertiary alicyclic amines) is 1. The van der Waals surface area contributed by atoms with Gasteiger partial charge in [-0.25, -0.2) is 0 Å². The number of hydrogen-bond acceptors (Lipinski definition) is 8. The summed E-state index contributed by atoms with van der Waals surface area (Å²) in [4.78, 5) is 27.1. The van der Waals surface area contributed by atoms with Crippen molar-refractivity contribution in [1.29, 1.82) is 0 Å². The summed E-state index contributed by atoms with van der Waals surface area (Å²) in [5.74, 6) is -3.45. The van der Waals surface area contributed by atoms with Crippen molar-refractivity contribution in [3.63, 3.8) is 0 Å². The molecule has 10 nitrogen and oxygen atoms in total. The SMILES string of the molecule is CC.CC.CN1CCN(C(=O)C(F)(F)F)CC1.CS(=O)(=O)OC1CN(C(c2ccccc2)c2ccccc2)C1.O=C(N1CCNCC1)C(F)(F)F. The maximum atomic E-state index is 11.9. The molecule has 3 fully saturated rings. The first kappa shape index (κ1) is 45.8. The summed E-state index contributed by atoms with van der Waals surface area (Å²) in [6.07, 6.45) is -8.60. The van der Waals surface area contributed by atoms with Crippen LogP contribution in [0.4, 0.5) is 26.3 Å². The van der Waals surface area contributed by atoms with Crippen LogP contribution in [0.2, 0.25) is 0 Å². The summed E-state index contributed by atoms with van der Waals surface area (Å²) in [5.41, 5.74) is 2.40. The first-order valence-corrected chi connectivity index (χ1v) is 18.6. The van der Waals surface area contributed by atoms with Crippen LogP contribution in [0.1, 0.15) is 44.9 Å². The van der Waals surface area contributed by atoms with Gasteiger partial charge in [0.1, 0.15) is 6.10 Å². The van der Waals surface area contributed by atoms with Crippen molar-refractivity contribution in [2.45, 2.75) is 52.2 Å². The average Bonchev–Trinajstić information content (AvgIpc) is 3.09. The van der Waals surface area contributed by atoms with Crippen LogP contribution < -0.4 is 5.32 Å². The van der Waals surface area contributed by atoms with Crippen molar-refractivity contribution in [1.82, 2.24) is 24.9 Å². The van der Waals surface area contributed by atoms with E-state index < -0.39 is 34.3 Å². The summed E-state index contributed by atoms with van der Waals surface area (Å²) < 4.78 is 98.7. The van der Waals surface area contributed by atoms with E-state index in [4.69, 9.17) is 4.18 Å². The molecular formula is C34H51F6N5O5S. The predicted molar refractivity (Wildman–Crippen MR) is 184 cm³/mol. The highest BCUT2D eigenvalue weighted by atomic mass is 32.2. The monoisotopic (exact) mass is 755 g/mol. The number of piperazine rings is 2. The van der Waals surface area contributed by atoms with Gasteiger partial charge in [0.05, 0.1) is 12.3 Å². The topological polar surface area (TPSA) is 102 Å². The summed E-state index contributed by atoms with van der Waals surface area (Å²) in [6.45, 7) is 11.7. The van der Waals surface area contributed by atoms with E-state index >= 15 is 0 Å². The maximum absolute atomic E-state index is 11.9. The minimum atomic E-state index is -4.73. The molecule has 3 heterocycles. The van der Waals surface area contributed by atoms with E-state index in [2.05, 4.69) is 34.5 Å². The number of hydrogen-bond donors (Lipinski definition) is 1. The number of benzene rings is 2. The summed E-state index contributed by atoms with van der Waals surface area (Å²) >= 11 is 0. The van der Waals surface area contributed by atoms with E-state index in [-0.39, 0.29) is 38.3 Å². The van der Waals surface area contributed by atoms with Crippen LogP contribution in [0, 0.1) is 0 Å². The second-order valence-corrected chi connectivity index (χ2v) is 12.8. The molecule has 3 aliphatic rings. The van der Waals surface area contributed by atoms with Crippen LogP contribution in [0.5, 0.6) is 0 Å². The fourth-order valence-corrected chi connectivity index (χ4v) is 5.73. The van der Waals surface area contributed by atoms with E-state index in [1.807, 2.05) is 76.0 Å². The normalized spacial score (nSPS) is 17.2. The average molecular weight is 756 g/mol.